The molecule has 0 saturated heterocycles. The zero-order valence-electron chi connectivity index (χ0n) is 15.9. The highest BCUT2D eigenvalue weighted by Crippen LogP contribution is 2.25. The number of benzene rings is 1. The molecule has 1 unspecified atom stereocenters. The molecule has 0 saturated carbocycles. The SMILES string of the molecule is CCC(C)NC(=O)c1coc(CSc2nnc(C)n2-c2cccc(C)c2)n1. The lowest BCUT2D eigenvalue weighted by Crippen LogP contribution is -2.32. The molecule has 1 N–H and O–H groups in total. The summed E-state index contributed by atoms with van der Waals surface area (Å²) in [7, 11) is 0. The number of aromatic nitrogens is 4. The van der Waals surface area contributed by atoms with Gasteiger partial charge in [-0.2, -0.15) is 0 Å². The molecule has 8 heteroatoms. The minimum absolute atomic E-state index is 0.0999. The Bertz CT molecular complexity index is 934. The molecule has 0 aliphatic rings. The molecule has 2 heterocycles. The van der Waals surface area contributed by atoms with Gasteiger partial charge in [0, 0.05) is 11.7 Å². The Morgan fingerprint density at radius 1 is 1.33 bits per heavy atom. The van der Waals surface area contributed by atoms with E-state index < -0.39 is 0 Å². The zero-order valence-corrected chi connectivity index (χ0v) is 16.7. The maximum atomic E-state index is 12.1. The highest BCUT2D eigenvalue weighted by molar-refractivity contribution is 7.98. The van der Waals surface area contributed by atoms with Gasteiger partial charge in [-0.15, -0.1) is 10.2 Å². The highest BCUT2D eigenvalue weighted by Gasteiger charge is 2.16. The second kappa shape index (κ2) is 8.39. The van der Waals surface area contributed by atoms with Crippen LogP contribution in [0.1, 0.15) is 48.0 Å². The van der Waals surface area contributed by atoms with Gasteiger partial charge in [-0.05, 0) is 44.9 Å². The normalized spacial score (nSPS) is 12.1. The van der Waals surface area contributed by atoms with Crippen molar-refractivity contribution >= 4 is 17.7 Å². The second-order valence-electron chi connectivity index (χ2n) is 6.40. The van der Waals surface area contributed by atoms with E-state index in [0.29, 0.717) is 17.3 Å². The van der Waals surface area contributed by atoms with Crippen LogP contribution in [0.4, 0.5) is 0 Å². The summed E-state index contributed by atoms with van der Waals surface area (Å²) < 4.78 is 7.44. The molecule has 0 aliphatic heterocycles. The summed E-state index contributed by atoms with van der Waals surface area (Å²) in [5.74, 6) is 1.53. The molecule has 0 bridgehead atoms. The number of carbonyl (C=O) groups excluding carboxylic acids is 1. The van der Waals surface area contributed by atoms with Crippen LogP contribution in [-0.2, 0) is 5.75 Å². The Balaban J connectivity index is 1.71. The van der Waals surface area contributed by atoms with Gasteiger partial charge in [-0.3, -0.25) is 9.36 Å². The molecule has 3 aromatic rings. The van der Waals surface area contributed by atoms with E-state index in [9.17, 15) is 4.79 Å². The minimum atomic E-state index is -0.219. The van der Waals surface area contributed by atoms with Crippen LogP contribution in [0, 0.1) is 13.8 Å². The van der Waals surface area contributed by atoms with Crippen molar-refractivity contribution in [1.82, 2.24) is 25.1 Å². The number of hydrogen-bond donors (Lipinski definition) is 1. The molecule has 0 spiro atoms. The summed E-state index contributed by atoms with van der Waals surface area (Å²) in [6.07, 6.45) is 2.25. The second-order valence-corrected chi connectivity index (χ2v) is 7.34. The fourth-order valence-electron chi connectivity index (χ4n) is 2.51. The molecule has 1 aromatic carbocycles. The van der Waals surface area contributed by atoms with Crippen molar-refractivity contribution in [1.29, 1.82) is 0 Å². The Morgan fingerprint density at radius 3 is 2.89 bits per heavy atom. The average molecular weight is 385 g/mol. The van der Waals surface area contributed by atoms with Crippen LogP contribution in [0.25, 0.3) is 5.69 Å². The fourth-order valence-corrected chi connectivity index (χ4v) is 3.36. The van der Waals surface area contributed by atoms with Crippen LogP contribution in [0.3, 0.4) is 0 Å². The molecule has 27 heavy (non-hydrogen) atoms. The van der Waals surface area contributed by atoms with Gasteiger partial charge in [0.15, 0.2) is 10.9 Å². The van der Waals surface area contributed by atoms with Crippen molar-refractivity contribution in [2.24, 2.45) is 0 Å². The van der Waals surface area contributed by atoms with E-state index in [-0.39, 0.29) is 11.9 Å². The Kier molecular flexibility index (Phi) is 5.95. The van der Waals surface area contributed by atoms with Crippen LogP contribution < -0.4 is 5.32 Å². The number of nitrogens with one attached hydrogen (secondary N) is 1. The van der Waals surface area contributed by atoms with E-state index in [1.54, 1.807) is 0 Å². The molecule has 1 amide bonds. The number of amides is 1. The summed E-state index contributed by atoms with van der Waals surface area (Å²) in [5.41, 5.74) is 2.48. The lowest BCUT2D eigenvalue weighted by atomic mass is 10.2. The maximum absolute atomic E-state index is 12.1. The number of nitrogens with zero attached hydrogens (tertiary/aromatic N) is 4. The van der Waals surface area contributed by atoms with Crippen molar-refractivity contribution in [2.45, 2.75) is 51.1 Å². The molecular formula is C19H23N5O2S. The van der Waals surface area contributed by atoms with E-state index in [4.69, 9.17) is 4.42 Å². The van der Waals surface area contributed by atoms with Crippen LogP contribution in [0.2, 0.25) is 0 Å². The predicted octanol–water partition coefficient (Wildman–Crippen LogP) is 3.69. The van der Waals surface area contributed by atoms with Gasteiger partial charge in [0.2, 0.25) is 5.89 Å². The molecule has 142 valence electrons. The van der Waals surface area contributed by atoms with Gasteiger partial charge in [0.1, 0.15) is 12.1 Å². The Morgan fingerprint density at radius 2 is 2.15 bits per heavy atom. The number of oxazole rings is 1. The summed E-state index contributed by atoms with van der Waals surface area (Å²) in [5, 5.41) is 12.1. The van der Waals surface area contributed by atoms with E-state index in [1.165, 1.54) is 23.6 Å². The Labute approximate surface area is 162 Å². The zero-order chi connectivity index (χ0) is 19.4. The quantitative estimate of drug-likeness (QED) is 0.624. The number of aryl methyl sites for hydroxylation is 2. The van der Waals surface area contributed by atoms with Gasteiger partial charge in [-0.25, -0.2) is 4.98 Å². The van der Waals surface area contributed by atoms with Gasteiger partial charge < -0.3 is 9.73 Å². The fraction of sp³-hybridized carbons (Fsp3) is 0.368. The molecule has 0 aliphatic carbocycles. The van der Waals surface area contributed by atoms with Gasteiger partial charge in [0.25, 0.3) is 5.91 Å². The third-order valence-corrected chi connectivity index (χ3v) is 5.07. The molecule has 0 radical (unpaired) electrons. The lowest BCUT2D eigenvalue weighted by Gasteiger charge is -2.09. The molecule has 0 fully saturated rings. The molecule has 3 rings (SSSR count). The first-order valence-electron chi connectivity index (χ1n) is 8.85. The van der Waals surface area contributed by atoms with Crippen LogP contribution in [0.15, 0.2) is 40.1 Å². The first-order chi connectivity index (χ1) is 13.0. The van der Waals surface area contributed by atoms with E-state index >= 15 is 0 Å². The average Bonchev–Trinajstić information content (AvgIpc) is 3.26. The van der Waals surface area contributed by atoms with Crippen molar-refractivity contribution in [3.63, 3.8) is 0 Å². The number of carbonyl (C=O) groups is 1. The molecule has 2 aromatic heterocycles. The summed E-state index contributed by atoms with van der Waals surface area (Å²) in [6, 6.07) is 8.27. The van der Waals surface area contributed by atoms with Crippen LogP contribution in [-0.4, -0.2) is 31.7 Å². The summed E-state index contributed by atoms with van der Waals surface area (Å²) in [4.78, 5) is 16.4. The smallest absolute Gasteiger partial charge is 0.273 e. The largest absolute Gasteiger partial charge is 0.447 e. The van der Waals surface area contributed by atoms with Crippen LogP contribution >= 0.6 is 11.8 Å². The van der Waals surface area contributed by atoms with Gasteiger partial charge >= 0.3 is 0 Å². The van der Waals surface area contributed by atoms with Crippen molar-refractivity contribution in [3.8, 4) is 5.69 Å². The lowest BCUT2D eigenvalue weighted by molar-refractivity contribution is 0.0934. The van der Waals surface area contributed by atoms with E-state index in [0.717, 1.165) is 23.1 Å². The topological polar surface area (TPSA) is 85.8 Å². The number of thioether (sulfide) groups is 1. The van der Waals surface area contributed by atoms with Gasteiger partial charge in [-0.1, -0.05) is 30.8 Å². The van der Waals surface area contributed by atoms with Gasteiger partial charge in [0.05, 0.1) is 5.75 Å². The highest BCUT2D eigenvalue weighted by atomic mass is 32.2. The molecular weight excluding hydrogens is 362 g/mol. The van der Waals surface area contributed by atoms with Crippen LogP contribution in [0.5, 0.6) is 0 Å². The van der Waals surface area contributed by atoms with E-state index in [2.05, 4.69) is 39.6 Å². The minimum Gasteiger partial charge on any atom is -0.447 e. The third kappa shape index (κ3) is 4.57. The summed E-state index contributed by atoms with van der Waals surface area (Å²) >= 11 is 1.47. The Hall–Kier alpha value is -2.61. The first kappa shape index (κ1) is 19.2. The maximum Gasteiger partial charge on any atom is 0.273 e. The first-order valence-corrected chi connectivity index (χ1v) is 9.83. The molecule has 7 nitrogen and oxygen atoms in total. The monoisotopic (exact) mass is 385 g/mol. The predicted molar refractivity (Wildman–Crippen MR) is 104 cm³/mol. The van der Waals surface area contributed by atoms with Crippen molar-refractivity contribution in [2.75, 3.05) is 0 Å². The molecule has 1 atom stereocenters. The number of hydrogen-bond acceptors (Lipinski definition) is 6. The standard InChI is InChI=1S/C19H23N5O2S/c1-5-13(3)20-18(25)16-10-26-17(21-16)11-27-19-23-22-14(4)24(19)15-8-6-7-12(2)9-15/h6-10,13H,5,11H2,1-4H3,(H,20,25). The number of rotatable bonds is 7. The third-order valence-electron chi connectivity index (χ3n) is 4.15. The van der Waals surface area contributed by atoms with Crippen molar-refractivity contribution in [3.05, 3.63) is 53.5 Å². The summed E-state index contributed by atoms with van der Waals surface area (Å²) in [6.45, 7) is 7.94. The van der Waals surface area contributed by atoms with E-state index in [1.807, 2.05) is 37.5 Å². The van der Waals surface area contributed by atoms with Crippen molar-refractivity contribution < 1.29 is 9.21 Å².